The van der Waals surface area contributed by atoms with E-state index in [2.05, 4.69) is 24.5 Å². The number of carbonyl (C=O) groups is 1. The van der Waals surface area contributed by atoms with Crippen molar-refractivity contribution in [2.45, 2.75) is 26.7 Å². The second-order valence-electron chi connectivity index (χ2n) is 4.96. The maximum Gasteiger partial charge on any atom is 0.314 e. The highest BCUT2D eigenvalue weighted by atomic mass is 16.5. The number of ether oxygens (including phenoxy) is 1. The molecule has 0 heterocycles. The van der Waals surface area contributed by atoms with Gasteiger partial charge in [-0.05, 0) is 36.5 Å². The van der Waals surface area contributed by atoms with Crippen molar-refractivity contribution in [3.8, 4) is 5.75 Å². The lowest BCUT2D eigenvalue weighted by Crippen LogP contribution is -2.37. The zero-order valence-corrected chi connectivity index (χ0v) is 12.0. The van der Waals surface area contributed by atoms with Crippen LogP contribution < -0.4 is 15.4 Å². The summed E-state index contributed by atoms with van der Waals surface area (Å²) in [4.78, 5) is 11.5. The van der Waals surface area contributed by atoms with Gasteiger partial charge in [-0.25, -0.2) is 4.79 Å². The van der Waals surface area contributed by atoms with Crippen LogP contribution in [0.1, 0.15) is 25.8 Å². The van der Waals surface area contributed by atoms with Gasteiger partial charge in [0.1, 0.15) is 5.75 Å². The topological polar surface area (TPSA) is 50.4 Å². The lowest BCUT2D eigenvalue weighted by molar-refractivity contribution is 0.240. The van der Waals surface area contributed by atoms with Gasteiger partial charge in [0.15, 0.2) is 0 Å². The molecule has 1 rings (SSSR count). The Hall–Kier alpha value is -1.71. The number of urea groups is 1. The van der Waals surface area contributed by atoms with Crippen LogP contribution in [0.3, 0.4) is 0 Å². The van der Waals surface area contributed by atoms with Gasteiger partial charge in [-0.1, -0.05) is 26.0 Å². The quantitative estimate of drug-likeness (QED) is 0.795. The van der Waals surface area contributed by atoms with Crippen LogP contribution in [-0.4, -0.2) is 26.2 Å². The summed E-state index contributed by atoms with van der Waals surface area (Å²) in [6, 6.07) is 7.79. The number of hydrogen-bond acceptors (Lipinski definition) is 2. The molecular weight excluding hydrogens is 240 g/mol. The molecule has 19 heavy (non-hydrogen) atoms. The van der Waals surface area contributed by atoms with Crippen molar-refractivity contribution in [1.29, 1.82) is 0 Å². The highest BCUT2D eigenvalue weighted by Crippen LogP contribution is 2.11. The highest BCUT2D eigenvalue weighted by molar-refractivity contribution is 5.73. The number of amides is 2. The molecule has 106 valence electrons. The molecule has 0 saturated heterocycles. The Balaban J connectivity index is 2.16. The van der Waals surface area contributed by atoms with Crippen molar-refractivity contribution in [2.75, 3.05) is 20.2 Å². The molecular formula is C15H24N2O2. The molecule has 0 unspecified atom stereocenters. The predicted octanol–water partition coefficient (Wildman–Crippen LogP) is 2.58. The molecule has 0 atom stereocenters. The number of rotatable bonds is 7. The standard InChI is InChI=1S/C15H24N2O2/c1-12(2)8-10-16-15(18)17-11-9-13-4-6-14(19-3)7-5-13/h4-7,12H,8-11H2,1-3H3,(H2,16,17,18). The van der Waals surface area contributed by atoms with Gasteiger partial charge in [-0.3, -0.25) is 0 Å². The molecule has 0 aromatic heterocycles. The van der Waals surface area contributed by atoms with E-state index in [1.807, 2.05) is 24.3 Å². The van der Waals surface area contributed by atoms with Gasteiger partial charge in [0.2, 0.25) is 0 Å². The second kappa shape index (κ2) is 8.40. The fourth-order valence-electron chi connectivity index (χ4n) is 1.65. The van der Waals surface area contributed by atoms with E-state index in [9.17, 15) is 4.79 Å². The summed E-state index contributed by atoms with van der Waals surface area (Å²) in [5.74, 6) is 1.46. The lowest BCUT2D eigenvalue weighted by Gasteiger charge is -2.09. The molecule has 0 aliphatic heterocycles. The van der Waals surface area contributed by atoms with Crippen LogP contribution >= 0.6 is 0 Å². The van der Waals surface area contributed by atoms with E-state index in [1.54, 1.807) is 7.11 Å². The smallest absolute Gasteiger partial charge is 0.314 e. The largest absolute Gasteiger partial charge is 0.497 e. The van der Waals surface area contributed by atoms with Crippen molar-refractivity contribution in [2.24, 2.45) is 5.92 Å². The Bertz CT molecular complexity index is 374. The molecule has 1 aromatic rings. The first kappa shape index (κ1) is 15.3. The molecule has 2 amide bonds. The third-order valence-corrected chi connectivity index (χ3v) is 2.87. The summed E-state index contributed by atoms with van der Waals surface area (Å²) < 4.78 is 5.10. The van der Waals surface area contributed by atoms with E-state index >= 15 is 0 Å². The lowest BCUT2D eigenvalue weighted by atomic mass is 10.1. The van der Waals surface area contributed by atoms with Gasteiger partial charge in [-0.15, -0.1) is 0 Å². The number of methoxy groups -OCH3 is 1. The van der Waals surface area contributed by atoms with E-state index in [0.29, 0.717) is 12.5 Å². The zero-order valence-electron chi connectivity index (χ0n) is 12.0. The van der Waals surface area contributed by atoms with Crippen LogP contribution in [0, 0.1) is 5.92 Å². The molecule has 0 bridgehead atoms. The minimum atomic E-state index is -0.0887. The van der Waals surface area contributed by atoms with Crippen molar-refractivity contribution in [3.63, 3.8) is 0 Å². The SMILES string of the molecule is COc1ccc(CCNC(=O)NCCC(C)C)cc1. The van der Waals surface area contributed by atoms with Gasteiger partial charge < -0.3 is 15.4 Å². The molecule has 4 nitrogen and oxygen atoms in total. The van der Waals surface area contributed by atoms with Gasteiger partial charge in [0.05, 0.1) is 7.11 Å². The minimum Gasteiger partial charge on any atom is -0.497 e. The third kappa shape index (κ3) is 6.70. The van der Waals surface area contributed by atoms with Crippen LogP contribution in [0.4, 0.5) is 4.79 Å². The van der Waals surface area contributed by atoms with E-state index in [0.717, 1.165) is 25.1 Å². The highest BCUT2D eigenvalue weighted by Gasteiger charge is 2.00. The van der Waals surface area contributed by atoms with Crippen LogP contribution in [0.5, 0.6) is 5.75 Å². The Morgan fingerprint density at radius 2 is 1.79 bits per heavy atom. The van der Waals surface area contributed by atoms with E-state index in [4.69, 9.17) is 4.74 Å². The first-order valence-electron chi connectivity index (χ1n) is 6.76. The number of nitrogens with one attached hydrogen (secondary N) is 2. The maximum atomic E-state index is 11.5. The van der Waals surface area contributed by atoms with Crippen molar-refractivity contribution in [1.82, 2.24) is 10.6 Å². The first-order chi connectivity index (χ1) is 9.11. The molecule has 0 spiro atoms. The normalized spacial score (nSPS) is 10.3. The molecule has 0 radical (unpaired) electrons. The summed E-state index contributed by atoms with van der Waals surface area (Å²) in [6.45, 7) is 5.65. The average molecular weight is 264 g/mol. The molecule has 0 aliphatic carbocycles. The Kier molecular flexibility index (Phi) is 6.79. The molecule has 4 heteroatoms. The second-order valence-corrected chi connectivity index (χ2v) is 4.96. The summed E-state index contributed by atoms with van der Waals surface area (Å²) in [6.07, 6.45) is 1.83. The van der Waals surface area contributed by atoms with Crippen LogP contribution in [-0.2, 0) is 6.42 Å². The first-order valence-corrected chi connectivity index (χ1v) is 6.76. The molecule has 1 aromatic carbocycles. The minimum absolute atomic E-state index is 0.0887. The summed E-state index contributed by atoms with van der Waals surface area (Å²) in [5.41, 5.74) is 1.18. The number of carbonyl (C=O) groups excluding carboxylic acids is 1. The van der Waals surface area contributed by atoms with Crippen LogP contribution in [0.15, 0.2) is 24.3 Å². The summed E-state index contributed by atoms with van der Waals surface area (Å²) in [5, 5.41) is 5.70. The Morgan fingerprint density at radius 1 is 1.16 bits per heavy atom. The third-order valence-electron chi connectivity index (χ3n) is 2.87. The van der Waals surface area contributed by atoms with E-state index in [-0.39, 0.29) is 6.03 Å². The Labute approximate surface area is 115 Å². The van der Waals surface area contributed by atoms with E-state index < -0.39 is 0 Å². The van der Waals surface area contributed by atoms with E-state index in [1.165, 1.54) is 5.56 Å². The van der Waals surface area contributed by atoms with Gasteiger partial charge in [-0.2, -0.15) is 0 Å². The van der Waals surface area contributed by atoms with Gasteiger partial charge in [0.25, 0.3) is 0 Å². The fraction of sp³-hybridized carbons (Fsp3) is 0.533. The molecule has 0 fully saturated rings. The van der Waals surface area contributed by atoms with Crippen molar-refractivity contribution < 1.29 is 9.53 Å². The fourth-order valence-corrected chi connectivity index (χ4v) is 1.65. The molecule has 0 aliphatic rings. The molecule has 2 N–H and O–H groups in total. The van der Waals surface area contributed by atoms with Gasteiger partial charge in [0, 0.05) is 13.1 Å². The zero-order chi connectivity index (χ0) is 14.1. The van der Waals surface area contributed by atoms with Crippen LogP contribution in [0.25, 0.3) is 0 Å². The van der Waals surface area contributed by atoms with Crippen molar-refractivity contribution >= 4 is 6.03 Å². The average Bonchev–Trinajstić information content (AvgIpc) is 2.39. The number of hydrogen-bond donors (Lipinski definition) is 2. The van der Waals surface area contributed by atoms with Crippen molar-refractivity contribution in [3.05, 3.63) is 29.8 Å². The molecule has 0 saturated carbocycles. The summed E-state index contributed by atoms with van der Waals surface area (Å²) >= 11 is 0. The summed E-state index contributed by atoms with van der Waals surface area (Å²) in [7, 11) is 1.65. The Morgan fingerprint density at radius 3 is 2.37 bits per heavy atom. The van der Waals surface area contributed by atoms with Gasteiger partial charge >= 0.3 is 6.03 Å². The number of benzene rings is 1. The predicted molar refractivity (Wildman–Crippen MR) is 77.6 cm³/mol. The van der Waals surface area contributed by atoms with Crippen LogP contribution in [0.2, 0.25) is 0 Å². The monoisotopic (exact) mass is 264 g/mol. The maximum absolute atomic E-state index is 11.5.